The zero-order chi connectivity index (χ0) is 19.2. The van der Waals surface area contributed by atoms with Crippen LogP contribution in [0.15, 0.2) is 53.3 Å². The minimum absolute atomic E-state index is 0.0779. The van der Waals surface area contributed by atoms with Crippen LogP contribution in [0, 0.1) is 5.92 Å². The monoisotopic (exact) mass is 364 g/mol. The zero-order valence-electron chi connectivity index (χ0n) is 15.6. The summed E-state index contributed by atoms with van der Waals surface area (Å²) in [6.07, 6.45) is 0.943. The molecule has 0 atom stereocenters. The van der Waals surface area contributed by atoms with Crippen molar-refractivity contribution in [1.82, 2.24) is 15.3 Å². The maximum atomic E-state index is 12.5. The van der Waals surface area contributed by atoms with E-state index in [1.54, 1.807) is 0 Å². The number of aromatic nitrogens is 2. The Balaban J connectivity index is 1.79. The lowest BCUT2D eigenvalue weighted by Crippen LogP contribution is -2.31. The fraction of sp³-hybridized carbons (Fsp3) is 0.286. The smallest absolute Gasteiger partial charge is 0.275 e. The Hall–Kier alpha value is -3.15. The number of carbonyl (C=O) groups is 1. The van der Waals surface area contributed by atoms with Crippen molar-refractivity contribution in [1.29, 1.82) is 0 Å². The number of rotatable bonds is 7. The fourth-order valence-electron chi connectivity index (χ4n) is 2.79. The first-order valence-electron chi connectivity index (χ1n) is 9.13. The lowest BCUT2D eigenvalue weighted by Gasteiger charge is -2.12. The number of anilines is 1. The quantitative estimate of drug-likeness (QED) is 0.601. The van der Waals surface area contributed by atoms with Gasteiger partial charge in [-0.1, -0.05) is 44.2 Å². The van der Waals surface area contributed by atoms with Gasteiger partial charge in [0.1, 0.15) is 5.69 Å². The van der Waals surface area contributed by atoms with Gasteiger partial charge < -0.3 is 15.6 Å². The summed E-state index contributed by atoms with van der Waals surface area (Å²) in [6.45, 7) is 5.04. The minimum atomic E-state index is -0.260. The number of hydrogen-bond acceptors (Lipinski definition) is 4. The molecule has 0 fully saturated rings. The number of para-hydroxylation sites is 3. The number of fused-ring (bicyclic) bond motifs is 1. The third kappa shape index (κ3) is 4.73. The predicted molar refractivity (Wildman–Crippen MR) is 109 cm³/mol. The summed E-state index contributed by atoms with van der Waals surface area (Å²) in [6, 6.07) is 14.8. The lowest BCUT2D eigenvalue weighted by molar-refractivity contribution is -0.119. The summed E-state index contributed by atoms with van der Waals surface area (Å²) >= 11 is 0. The number of aromatic amines is 1. The molecule has 0 bridgehead atoms. The number of carbonyl (C=O) groups excluding carboxylic acids is 1. The zero-order valence-corrected chi connectivity index (χ0v) is 15.6. The van der Waals surface area contributed by atoms with E-state index in [9.17, 15) is 9.59 Å². The SMILES string of the molecule is CC(C)CCNC(=O)CNc1ccccc1-c1nc2ccccc2[nH]c1=O. The van der Waals surface area contributed by atoms with Crippen LogP contribution in [0.25, 0.3) is 22.3 Å². The molecule has 0 spiro atoms. The van der Waals surface area contributed by atoms with Crippen LogP contribution < -0.4 is 16.2 Å². The molecule has 0 aliphatic carbocycles. The standard InChI is InChI=1S/C21H24N4O2/c1-14(2)11-12-22-19(26)13-23-16-8-4-3-7-15(16)20-21(27)25-18-10-6-5-9-17(18)24-20/h3-10,14,23H,11-13H2,1-2H3,(H,22,26)(H,25,27). The highest BCUT2D eigenvalue weighted by Gasteiger charge is 2.12. The van der Waals surface area contributed by atoms with Crippen LogP contribution in [-0.2, 0) is 4.79 Å². The molecule has 27 heavy (non-hydrogen) atoms. The van der Waals surface area contributed by atoms with E-state index in [1.165, 1.54) is 0 Å². The maximum absolute atomic E-state index is 12.5. The second-order valence-electron chi connectivity index (χ2n) is 6.86. The third-order valence-electron chi connectivity index (χ3n) is 4.27. The van der Waals surface area contributed by atoms with Crippen LogP contribution in [0.4, 0.5) is 5.69 Å². The highest BCUT2D eigenvalue weighted by molar-refractivity contribution is 5.85. The molecule has 0 unspecified atom stereocenters. The summed E-state index contributed by atoms with van der Waals surface area (Å²) in [4.78, 5) is 31.9. The van der Waals surface area contributed by atoms with Crippen molar-refractivity contribution in [3.05, 3.63) is 58.9 Å². The molecule has 1 heterocycles. The minimum Gasteiger partial charge on any atom is -0.376 e. The van der Waals surface area contributed by atoms with Crippen molar-refractivity contribution in [2.75, 3.05) is 18.4 Å². The van der Waals surface area contributed by atoms with Gasteiger partial charge in [-0.25, -0.2) is 4.98 Å². The molecule has 3 N–H and O–H groups in total. The first kappa shape index (κ1) is 18.6. The van der Waals surface area contributed by atoms with Crippen molar-refractivity contribution < 1.29 is 4.79 Å². The number of H-pyrrole nitrogens is 1. The Labute approximate surface area is 158 Å². The Morgan fingerprint density at radius 3 is 2.67 bits per heavy atom. The van der Waals surface area contributed by atoms with E-state index in [-0.39, 0.29) is 18.0 Å². The summed E-state index contributed by atoms with van der Waals surface area (Å²) in [7, 11) is 0. The van der Waals surface area contributed by atoms with E-state index in [0.29, 0.717) is 40.4 Å². The molecule has 3 rings (SSSR count). The van der Waals surface area contributed by atoms with E-state index < -0.39 is 0 Å². The molecule has 0 saturated heterocycles. The van der Waals surface area contributed by atoms with Gasteiger partial charge in [-0.05, 0) is 30.5 Å². The van der Waals surface area contributed by atoms with Crippen molar-refractivity contribution in [2.24, 2.45) is 5.92 Å². The predicted octanol–water partition coefficient (Wildman–Crippen LogP) is 3.16. The van der Waals surface area contributed by atoms with Gasteiger partial charge in [0.25, 0.3) is 5.56 Å². The van der Waals surface area contributed by atoms with Crippen LogP contribution in [0.5, 0.6) is 0 Å². The molecule has 6 nitrogen and oxygen atoms in total. The first-order chi connectivity index (χ1) is 13.0. The summed E-state index contributed by atoms with van der Waals surface area (Å²) in [5, 5.41) is 6.01. The van der Waals surface area contributed by atoms with Crippen molar-refractivity contribution in [3.8, 4) is 11.3 Å². The summed E-state index contributed by atoms with van der Waals surface area (Å²) < 4.78 is 0. The third-order valence-corrected chi connectivity index (χ3v) is 4.27. The normalized spacial score (nSPS) is 10.9. The van der Waals surface area contributed by atoms with Gasteiger partial charge in [0.15, 0.2) is 0 Å². The molecule has 2 aromatic carbocycles. The highest BCUT2D eigenvalue weighted by Crippen LogP contribution is 2.24. The number of hydrogen-bond donors (Lipinski definition) is 3. The van der Waals surface area contributed by atoms with Gasteiger partial charge in [0.2, 0.25) is 5.91 Å². The van der Waals surface area contributed by atoms with E-state index in [0.717, 1.165) is 6.42 Å². The largest absolute Gasteiger partial charge is 0.376 e. The Kier molecular flexibility index (Phi) is 5.86. The van der Waals surface area contributed by atoms with Gasteiger partial charge in [-0.3, -0.25) is 9.59 Å². The molecular formula is C21H24N4O2. The molecule has 6 heteroatoms. The number of nitrogens with one attached hydrogen (secondary N) is 3. The summed E-state index contributed by atoms with van der Waals surface area (Å²) in [5.41, 5.74) is 2.85. The van der Waals surface area contributed by atoms with E-state index >= 15 is 0 Å². The Morgan fingerprint density at radius 2 is 1.85 bits per heavy atom. The molecule has 3 aromatic rings. The fourth-order valence-corrected chi connectivity index (χ4v) is 2.79. The van der Waals surface area contributed by atoms with Crippen molar-refractivity contribution in [3.63, 3.8) is 0 Å². The molecule has 0 saturated carbocycles. The molecule has 140 valence electrons. The molecule has 1 amide bonds. The van der Waals surface area contributed by atoms with E-state index in [1.807, 2.05) is 48.5 Å². The Bertz CT molecular complexity index is 995. The summed E-state index contributed by atoms with van der Waals surface area (Å²) in [5.74, 6) is 0.468. The number of amides is 1. The van der Waals surface area contributed by atoms with Gasteiger partial charge in [-0.15, -0.1) is 0 Å². The van der Waals surface area contributed by atoms with Gasteiger partial charge in [0, 0.05) is 17.8 Å². The van der Waals surface area contributed by atoms with Crippen LogP contribution in [0.1, 0.15) is 20.3 Å². The molecule has 0 aliphatic heterocycles. The van der Waals surface area contributed by atoms with E-state index in [2.05, 4.69) is 34.4 Å². The van der Waals surface area contributed by atoms with Crippen LogP contribution >= 0.6 is 0 Å². The molecule has 0 aliphatic rings. The van der Waals surface area contributed by atoms with Gasteiger partial charge >= 0.3 is 0 Å². The van der Waals surface area contributed by atoms with Gasteiger partial charge in [-0.2, -0.15) is 0 Å². The average molecular weight is 364 g/mol. The van der Waals surface area contributed by atoms with Crippen LogP contribution in [0.2, 0.25) is 0 Å². The van der Waals surface area contributed by atoms with Gasteiger partial charge in [0.05, 0.1) is 17.6 Å². The number of nitrogens with zero attached hydrogens (tertiary/aromatic N) is 1. The highest BCUT2D eigenvalue weighted by atomic mass is 16.2. The second-order valence-corrected chi connectivity index (χ2v) is 6.86. The number of benzene rings is 2. The topological polar surface area (TPSA) is 86.9 Å². The van der Waals surface area contributed by atoms with Crippen molar-refractivity contribution >= 4 is 22.6 Å². The molecule has 0 radical (unpaired) electrons. The lowest BCUT2D eigenvalue weighted by atomic mass is 10.1. The molecular weight excluding hydrogens is 340 g/mol. The van der Waals surface area contributed by atoms with Crippen LogP contribution in [0.3, 0.4) is 0 Å². The van der Waals surface area contributed by atoms with Crippen molar-refractivity contribution in [2.45, 2.75) is 20.3 Å². The average Bonchev–Trinajstić information content (AvgIpc) is 2.66. The van der Waals surface area contributed by atoms with Crippen LogP contribution in [-0.4, -0.2) is 29.0 Å². The molecule has 1 aromatic heterocycles. The first-order valence-corrected chi connectivity index (χ1v) is 9.13. The maximum Gasteiger partial charge on any atom is 0.275 e. The van der Waals surface area contributed by atoms with E-state index in [4.69, 9.17) is 0 Å². The Morgan fingerprint density at radius 1 is 1.11 bits per heavy atom. The second kappa shape index (κ2) is 8.49.